The molecule has 0 aliphatic heterocycles. The third kappa shape index (κ3) is 11.7. The van der Waals surface area contributed by atoms with Gasteiger partial charge >= 0.3 is 0 Å². The third-order valence-corrected chi connectivity index (χ3v) is 2.22. The fourth-order valence-corrected chi connectivity index (χ4v) is 1.23. The van der Waals surface area contributed by atoms with Crippen LogP contribution in [0.4, 0.5) is 0 Å². The number of nitrogens with zero attached hydrogens (tertiary/aromatic N) is 2. The fourth-order valence-electron chi connectivity index (χ4n) is 1.01. The molecule has 1 aromatic carbocycles. The summed E-state index contributed by atoms with van der Waals surface area (Å²) in [6, 6.07) is 21.1. The van der Waals surface area contributed by atoms with Crippen molar-refractivity contribution in [3.05, 3.63) is 91.5 Å². The molecule has 2 aromatic heterocycles. The summed E-state index contributed by atoms with van der Waals surface area (Å²) in [6.45, 7) is 0. The Balaban J connectivity index is 0.000000265. The first kappa shape index (κ1) is 18.6. The molecule has 1 atom stereocenters. The van der Waals surface area contributed by atoms with Crippen molar-refractivity contribution >= 4 is 14.5 Å². The molecular formula is C16H15IrN2P-2. The van der Waals surface area contributed by atoms with E-state index in [0.717, 1.165) is 0 Å². The summed E-state index contributed by atoms with van der Waals surface area (Å²) in [7, 11) is 2.63. The monoisotopic (exact) mass is 459 g/mol. The zero-order chi connectivity index (χ0) is 13.6. The van der Waals surface area contributed by atoms with E-state index in [9.17, 15) is 0 Å². The second-order valence-corrected chi connectivity index (χ2v) is 4.00. The second-order valence-electron chi connectivity index (χ2n) is 3.33. The number of hydrogen-bond acceptors (Lipinski definition) is 2. The van der Waals surface area contributed by atoms with Gasteiger partial charge in [0, 0.05) is 20.1 Å². The molecular weight excluding hydrogens is 443 g/mol. The summed E-state index contributed by atoms with van der Waals surface area (Å²) in [5, 5.41) is 1.24. The molecule has 2 heterocycles. The molecule has 3 aromatic rings. The average molecular weight is 459 g/mol. The average Bonchev–Trinajstić information content (AvgIpc) is 2.53. The summed E-state index contributed by atoms with van der Waals surface area (Å²) >= 11 is 0. The zero-order valence-electron chi connectivity index (χ0n) is 10.8. The van der Waals surface area contributed by atoms with Crippen molar-refractivity contribution in [2.75, 3.05) is 0 Å². The van der Waals surface area contributed by atoms with Crippen LogP contribution in [-0.2, 0) is 20.1 Å². The summed E-state index contributed by atoms with van der Waals surface area (Å²) in [4.78, 5) is 7.32. The van der Waals surface area contributed by atoms with Crippen LogP contribution in [0.15, 0.2) is 79.1 Å². The van der Waals surface area contributed by atoms with Crippen molar-refractivity contribution in [3.8, 4) is 0 Å². The summed E-state index contributed by atoms with van der Waals surface area (Å²) in [5.74, 6) is 0. The number of aromatic nitrogens is 2. The molecule has 1 radical (unpaired) electrons. The van der Waals surface area contributed by atoms with E-state index in [0.29, 0.717) is 0 Å². The first-order valence-electron chi connectivity index (χ1n) is 5.74. The number of hydrogen-bond donors (Lipinski definition) is 0. The van der Waals surface area contributed by atoms with Gasteiger partial charge in [0.15, 0.2) is 0 Å². The molecule has 0 aliphatic rings. The summed E-state index contributed by atoms with van der Waals surface area (Å²) in [5.41, 5.74) is 0. The van der Waals surface area contributed by atoms with Gasteiger partial charge in [-0.2, -0.15) is 36.4 Å². The van der Waals surface area contributed by atoms with Crippen LogP contribution in [0, 0.1) is 12.4 Å². The minimum atomic E-state index is 0. The Hall–Kier alpha value is -1.40. The van der Waals surface area contributed by atoms with Crippen LogP contribution in [-0.4, -0.2) is 9.97 Å². The Morgan fingerprint density at radius 2 is 1.20 bits per heavy atom. The maximum atomic E-state index is 3.66. The van der Waals surface area contributed by atoms with Crippen molar-refractivity contribution in [2.45, 2.75) is 0 Å². The van der Waals surface area contributed by atoms with Gasteiger partial charge in [0.05, 0.1) is 0 Å². The van der Waals surface area contributed by atoms with Crippen LogP contribution in [0.3, 0.4) is 0 Å². The molecule has 2 nitrogen and oxygen atoms in total. The van der Waals surface area contributed by atoms with Gasteiger partial charge in [-0.25, -0.2) is 0 Å². The van der Waals surface area contributed by atoms with Crippen LogP contribution < -0.4 is 5.30 Å². The van der Waals surface area contributed by atoms with Gasteiger partial charge in [-0.3, -0.25) is 0 Å². The van der Waals surface area contributed by atoms with Crippen molar-refractivity contribution < 1.29 is 20.1 Å². The standard InChI is InChI=1S/C6H7P.2C5H4N.Ir/c7-6-4-2-1-3-5-6;2*1-2-4-6-5-3-1;/h1-5H,7H2;2*1-4H;/q;2*-1;. The predicted molar refractivity (Wildman–Crippen MR) is 81.9 cm³/mol. The number of rotatable bonds is 0. The molecule has 0 N–H and O–H groups in total. The molecule has 0 saturated carbocycles. The van der Waals surface area contributed by atoms with Gasteiger partial charge in [0.2, 0.25) is 0 Å². The van der Waals surface area contributed by atoms with Gasteiger partial charge < -0.3 is 9.97 Å². The van der Waals surface area contributed by atoms with E-state index in [1.165, 1.54) is 5.30 Å². The van der Waals surface area contributed by atoms with E-state index in [1.807, 2.05) is 54.6 Å². The fraction of sp³-hybridized carbons (Fsp3) is 0. The minimum Gasteiger partial charge on any atom is -0.394 e. The minimum absolute atomic E-state index is 0. The molecule has 0 fully saturated rings. The van der Waals surface area contributed by atoms with Gasteiger partial charge in [0.25, 0.3) is 0 Å². The van der Waals surface area contributed by atoms with E-state index < -0.39 is 0 Å². The van der Waals surface area contributed by atoms with Crippen LogP contribution in [0.25, 0.3) is 0 Å². The molecule has 0 amide bonds. The van der Waals surface area contributed by atoms with Crippen LogP contribution in [0.1, 0.15) is 0 Å². The predicted octanol–water partition coefficient (Wildman–Crippen LogP) is 2.95. The smallest absolute Gasteiger partial charge is 0 e. The molecule has 20 heavy (non-hydrogen) atoms. The normalized spacial score (nSPS) is 7.85. The number of benzene rings is 1. The molecule has 3 rings (SSSR count). The van der Waals surface area contributed by atoms with Gasteiger partial charge in [0.1, 0.15) is 0 Å². The molecule has 4 heteroatoms. The Kier molecular flexibility index (Phi) is 13.0. The zero-order valence-corrected chi connectivity index (χ0v) is 14.4. The largest absolute Gasteiger partial charge is 0.394 e. The Labute approximate surface area is 136 Å². The SMILES string of the molecule is Pc1ccccc1.[Ir].[c-]1ccccn1.[c-]1ccccn1. The van der Waals surface area contributed by atoms with Crippen LogP contribution in [0.2, 0.25) is 0 Å². The Morgan fingerprint density at radius 1 is 0.700 bits per heavy atom. The van der Waals surface area contributed by atoms with E-state index in [4.69, 9.17) is 0 Å². The second kappa shape index (κ2) is 14.0. The Bertz CT molecular complexity index is 422. The van der Waals surface area contributed by atoms with Crippen molar-refractivity contribution in [2.24, 2.45) is 0 Å². The van der Waals surface area contributed by atoms with Crippen LogP contribution >= 0.6 is 9.24 Å². The maximum Gasteiger partial charge on any atom is 0 e. The first-order valence-corrected chi connectivity index (χ1v) is 6.32. The Morgan fingerprint density at radius 3 is 1.35 bits per heavy atom. The van der Waals surface area contributed by atoms with Crippen LogP contribution in [0.5, 0.6) is 0 Å². The van der Waals surface area contributed by atoms with E-state index in [1.54, 1.807) is 24.5 Å². The molecule has 105 valence electrons. The first-order chi connectivity index (χ1) is 9.39. The van der Waals surface area contributed by atoms with Crippen molar-refractivity contribution in [1.82, 2.24) is 9.97 Å². The number of pyridine rings is 2. The quantitative estimate of drug-likeness (QED) is 0.383. The third-order valence-electron chi connectivity index (χ3n) is 1.83. The van der Waals surface area contributed by atoms with Gasteiger partial charge in [-0.1, -0.05) is 55.1 Å². The molecule has 1 unspecified atom stereocenters. The van der Waals surface area contributed by atoms with Crippen molar-refractivity contribution in [3.63, 3.8) is 0 Å². The maximum absolute atomic E-state index is 3.66. The topological polar surface area (TPSA) is 25.8 Å². The molecule has 0 spiro atoms. The molecule has 0 bridgehead atoms. The van der Waals surface area contributed by atoms with E-state index in [2.05, 4.69) is 31.6 Å². The van der Waals surface area contributed by atoms with Gasteiger partial charge in [-0.05, 0) is 5.30 Å². The van der Waals surface area contributed by atoms with E-state index >= 15 is 0 Å². The van der Waals surface area contributed by atoms with Gasteiger partial charge in [-0.15, -0.1) is 9.24 Å². The van der Waals surface area contributed by atoms with Crippen molar-refractivity contribution in [1.29, 1.82) is 0 Å². The summed E-state index contributed by atoms with van der Waals surface area (Å²) in [6.07, 6.45) is 8.67. The summed E-state index contributed by atoms with van der Waals surface area (Å²) < 4.78 is 0. The molecule has 0 saturated heterocycles. The molecule has 0 aliphatic carbocycles. The van der Waals surface area contributed by atoms with E-state index in [-0.39, 0.29) is 20.1 Å².